The molecule has 1 saturated heterocycles. The van der Waals surface area contributed by atoms with Gasteiger partial charge in [-0.1, -0.05) is 0 Å². The molecule has 4 rings (SSSR count). The number of ether oxygens (including phenoxy) is 2. The van der Waals surface area contributed by atoms with Crippen molar-refractivity contribution in [1.29, 1.82) is 0 Å². The van der Waals surface area contributed by atoms with Gasteiger partial charge < -0.3 is 14.8 Å². The van der Waals surface area contributed by atoms with Crippen molar-refractivity contribution in [3.05, 3.63) is 36.9 Å². The minimum atomic E-state index is -0.111. The molecule has 0 spiro atoms. The van der Waals surface area contributed by atoms with Crippen LogP contribution in [0.1, 0.15) is 13.3 Å². The highest BCUT2D eigenvalue weighted by Gasteiger charge is 2.28. The Hall–Kier alpha value is -3.16. The number of carbonyl (C=O) groups is 1. The molecule has 8 heteroatoms. The summed E-state index contributed by atoms with van der Waals surface area (Å²) in [5.41, 5.74) is 1.64. The van der Waals surface area contributed by atoms with Gasteiger partial charge in [0.25, 0.3) is 0 Å². The second kappa shape index (κ2) is 6.62. The van der Waals surface area contributed by atoms with Crippen LogP contribution in [-0.4, -0.2) is 45.2 Å². The molecule has 3 aromatic rings. The zero-order valence-electron chi connectivity index (χ0n) is 14.5. The minimum Gasteiger partial charge on any atom is -0.494 e. The summed E-state index contributed by atoms with van der Waals surface area (Å²) in [5, 5.41) is 7.15. The zero-order valence-corrected chi connectivity index (χ0v) is 14.5. The molecule has 2 atom stereocenters. The van der Waals surface area contributed by atoms with E-state index in [1.165, 1.54) is 0 Å². The van der Waals surface area contributed by atoms with Crippen molar-refractivity contribution in [3.63, 3.8) is 0 Å². The molecule has 26 heavy (non-hydrogen) atoms. The highest BCUT2D eigenvalue weighted by Crippen LogP contribution is 2.29. The Morgan fingerprint density at radius 3 is 2.85 bits per heavy atom. The molecule has 3 aromatic heterocycles. The number of aromatic nitrogens is 4. The predicted octanol–water partition coefficient (Wildman–Crippen LogP) is 1.70. The van der Waals surface area contributed by atoms with Crippen molar-refractivity contribution < 1.29 is 14.3 Å². The lowest BCUT2D eigenvalue weighted by Crippen LogP contribution is -2.25. The number of carbonyl (C=O) groups excluding carboxylic acids is 1. The molecule has 1 aliphatic rings. The van der Waals surface area contributed by atoms with Gasteiger partial charge in [-0.3, -0.25) is 4.79 Å². The monoisotopic (exact) mass is 353 g/mol. The Kier molecular flexibility index (Phi) is 4.16. The quantitative estimate of drug-likeness (QED) is 0.751. The van der Waals surface area contributed by atoms with E-state index in [2.05, 4.69) is 20.4 Å². The average molecular weight is 353 g/mol. The van der Waals surface area contributed by atoms with Gasteiger partial charge in [0, 0.05) is 30.6 Å². The van der Waals surface area contributed by atoms with Crippen molar-refractivity contribution in [2.24, 2.45) is 5.92 Å². The fraction of sp³-hybridized carbons (Fsp3) is 0.333. The summed E-state index contributed by atoms with van der Waals surface area (Å²) < 4.78 is 13.0. The van der Waals surface area contributed by atoms with Crippen LogP contribution >= 0.6 is 0 Å². The number of hydrogen-bond donors (Lipinski definition) is 1. The maximum Gasteiger partial charge on any atom is 0.220 e. The highest BCUT2D eigenvalue weighted by molar-refractivity contribution is 5.78. The summed E-state index contributed by atoms with van der Waals surface area (Å²) >= 11 is 0. The van der Waals surface area contributed by atoms with Crippen LogP contribution in [-0.2, 0) is 4.79 Å². The van der Waals surface area contributed by atoms with Gasteiger partial charge in [-0.2, -0.15) is 5.10 Å². The Bertz CT molecular complexity index is 938. The summed E-state index contributed by atoms with van der Waals surface area (Å²) in [6.45, 7) is 2.62. The topological polar surface area (TPSA) is 90.6 Å². The maximum absolute atomic E-state index is 11.5. The fourth-order valence-electron chi connectivity index (χ4n) is 3.04. The first-order valence-corrected chi connectivity index (χ1v) is 8.41. The highest BCUT2D eigenvalue weighted by atomic mass is 16.5. The van der Waals surface area contributed by atoms with Gasteiger partial charge in [0.05, 0.1) is 25.7 Å². The SMILES string of the molecule is COc1cnc(-c2cc(O[C@H](C)[C@H]3CNC(=O)C3)c3ccnn3c2)nc1. The fourth-order valence-corrected chi connectivity index (χ4v) is 3.04. The van der Waals surface area contributed by atoms with E-state index in [0.29, 0.717) is 30.3 Å². The Morgan fingerprint density at radius 1 is 1.35 bits per heavy atom. The van der Waals surface area contributed by atoms with Crippen molar-refractivity contribution in [1.82, 2.24) is 24.9 Å². The first-order chi connectivity index (χ1) is 12.6. The molecule has 0 saturated carbocycles. The number of pyridine rings is 1. The van der Waals surface area contributed by atoms with E-state index < -0.39 is 0 Å². The molecule has 0 aliphatic carbocycles. The lowest BCUT2D eigenvalue weighted by molar-refractivity contribution is -0.119. The van der Waals surface area contributed by atoms with Gasteiger partial charge in [-0.05, 0) is 19.1 Å². The smallest absolute Gasteiger partial charge is 0.220 e. The number of amides is 1. The first-order valence-electron chi connectivity index (χ1n) is 8.41. The van der Waals surface area contributed by atoms with E-state index in [-0.39, 0.29) is 17.9 Å². The molecule has 0 aromatic carbocycles. The second-order valence-corrected chi connectivity index (χ2v) is 6.29. The molecule has 0 radical (unpaired) electrons. The molecular weight excluding hydrogens is 334 g/mol. The van der Waals surface area contributed by atoms with E-state index in [1.54, 1.807) is 30.2 Å². The van der Waals surface area contributed by atoms with Crippen LogP contribution in [0.5, 0.6) is 11.5 Å². The Morgan fingerprint density at radius 2 is 2.15 bits per heavy atom. The van der Waals surface area contributed by atoms with Gasteiger partial charge in [-0.25, -0.2) is 14.5 Å². The van der Waals surface area contributed by atoms with Crippen molar-refractivity contribution in [3.8, 4) is 22.9 Å². The number of rotatable bonds is 5. The van der Waals surface area contributed by atoms with Crippen LogP contribution in [0.15, 0.2) is 36.9 Å². The van der Waals surface area contributed by atoms with Crippen molar-refractivity contribution in [2.45, 2.75) is 19.4 Å². The van der Waals surface area contributed by atoms with Gasteiger partial charge in [0.2, 0.25) is 5.91 Å². The molecule has 1 amide bonds. The van der Waals surface area contributed by atoms with Crippen LogP contribution in [0.25, 0.3) is 16.9 Å². The summed E-state index contributed by atoms with van der Waals surface area (Å²) in [4.78, 5) is 20.1. The largest absolute Gasteiger partial charge is 0.494 e. The maximum atomic E-state index is 11.5. The number of nitrogens with one attached hydrogen (secondary N) is 1. The summed E-state index contributed by atoms with van der Waals surface area (Å²) in [6.07, 6.45) is 7.18. The molecule has 134 valence electrons. The summed E-state index contributed by atoms with van der Waals surface area (Å²) in [6, 6.07) is 3.79. The molecule has 1 fully saturated rings. The van der Waals surface area contributed by atoms with Crippen LogP contribution in [0.3, 0.4) is 0 Å². The predicted molar refractivity (Wildman–Crippen MR) is 94.0 cm³/mol. The number of hydrogen-bond acceptors (Lipinski definition) is 6. The van der Waals surface area contributed by atoms with Gasteiger partial charge in [0.15, 0.2) is 11.6 Å². The van der Waals surface area contributed by atoms with Crippen LogP contribution in [0, 0.1) is 5.92 Å². The number of nitrogens with zero attached hydrogens (tertiary/aromatic N) is 4. The minimum absolute atomic E-state index is 0.0698. The van der Waals surface area contributed by atoms with Crippen LogP contribution in [0.2, 0.25) is 0 Å². The van der Waals surface area contributed by atoms with E-state index >= 15 is 0 Å². The zero-order chi connectivity index (χ0) is 18.1. The third kappa shape index (κ3) is 3.05. The molecule has 1 aliphatic heterocycles. The lowest BCUT2D eigenvalue weighted by Gasteiger charge is -2.20. The first kappa shape index (κ1) is 16.3. The van der Waals surface area contributed by atoms with Gasteiger partial charge in [-0.15, -0.1) is 0 Å². The van der Waals surface area contributed by atoms with Gasteiger partial charge in [0.1, 0.15) is 17.4 Å². The van der Waals surface area contributed by atoms with E-state index in [9.17, 15) is 4.79 Å². The summed E-state index contributed by atoms with van der Waals surface area (Å²) in [5.74, 6) is 2.05. The molecule has 4 heterocycles. The van der Waals surface area contributed by atoms with E-state index in [1.807, 2.05) is 25.3 Å². The van der Waals surface area contributed by atoms with Crippen LogP contribution in [0.4, 0.5) is 0 Å². The lowest BCUT2D eigenvalue weighted by atomic mass is 10.0. The normalized spacial score (nSPS) is 17.9. The second-order valence-electron chi connectivity index (χ2n) is 6.29. The van der Waals surface area contributed by atoms with Crippen LogP contribution < -0.4 is 14.8 Å². The Labute approximate surface area is 150 Å². The molecule has 0 bridgehead atoms. The number of fused-ring (bicyclic) bond motifs is 1. The third-order valence-electron chi connectivity index (χ3n) is 4.58. The standard InChI is InChI=1S/C18H19N5O3/c1-11(12-6-17(24)19-7-12)26-16-5-13(10-23-15(16)3-4-22-23)18-20-8-14(25-2)9-21-18/h3-5,8-12H,6-7H2,1-2H3,(H,19,24)/t11-,12-/m1/s1. The third-order valence-corrected chi connectivity index (χ3v) is 4.58. The Balaban J connectivity index is 1.67. The van der Waals surface area contributed by atoms with Crippen molar-refractivity contribution in [2.75, 3.05) is 13.7 Å². The van der Waals surface area contributed by atoms with E-state index in [4.69, 9.17) is 9.47 Å². The summed E-state index contributed by atoms with van der Waals surface area (Å²) in [7, 11) is 1.57. The number of methoxy groups -OCH3 is 1. The van der Waals surface area contributed by atoms with Gasteiger partial charge >= 0.3 is 0 Å². The average Bonchev–Trinajstić information content (AvgIpc) is 3.30. The molecule has 8 nitrogen and oxygen atoms in total. The molecular formula is C18H19N5O3. The molecule has 0 unspecified atom stereocenters. The van der Waals surface area contributed by atoms with E-state index in [0.717, 1.165) is 11.1 Å². The molecule has 1 N–H and O–H groups in total. The van der Waals surface area contributed by atoms with Crippen molar-refractivity contribution >= 4 is 11.4 Å².